The highest BCUT2D eigenvalue weighted by atomic mass is 79.9. The van der Waals surface area contributed by atoms with Gasteiger partial charge in [0.1, 0.15) is 0 Å². The van der Waals surface area contributed by atoms with Crippen LogP contribution in [0.2, 0.25) is 0 Å². The zero-order valence-electron chi connectivity index (χ0n) is 11.3. The van der Waals surface area contributed by atoms with Gasteiger partial charge in [0, 0.05) is 0 Å². The van der Waals surface area contributed by atoms with Crippen molar-refractivity contribution in [2.45, 2.75) is 84.0 Å². The molecule has 0 heterocycles. The molecule has 0 radical (unpaired) electrons. The van der Waals surface area contributed by atoms with E-state index in [1.54, 1.807) is 0 Å². The summed E-state index contributed by atoms with van der Waals surface area (Å²) in [6.45, 7) is 3.41. The van der Waals surface area contributed by atoms with Crippen LogP contribution in [-0.4, -0.2) is 6.54 Å². The van der Waals surface area contributed by atoms with Crippen LogP contribution in [0, 0.1) is 0 Å². The van der Waals surface area contributed by atoms with Gasteiger partial charge in [-0.25, -0.2) is 0 Å². The molecule has 0 atom stereocenters. The molecule has 0 rings (SSSR count). The summed E-state index contributed by atoms with van der Waals surface area (Å²) in [4.78, 5) is 0. The molecule has 0 spiro atoms. The van der Waals surface area contributed by atoms with Crippen LogP contribution >= 0.6 is 0 Å². The SMILES string of the molecule is CCCCCCCCCCCCCC[NH3+].[Br-]. The largest absolute Gasteiger partial charge is 1.00 e. The molecule has 0 bridgehead atoms. The van der Waals surface area contributed by atoms with Crippen molar-refractivity contribution in [3.05, 3.63) is 0 Å². The van der Waals surface area contributed by atoms with Crippen LogP contribution in [0.1, 0.15) is 84.0 Å². The van der Waals surface area contributed by atoms with Crippen molar-refractivity contribution in [2.75, 3.05) is 6.54 Å². The zero-order valence-corrected chi connectivity index (χ0v) is 12.9. The molecule has 0 amide bonds. The lowest BCUT2D eigenvalue weighted by Crippen LogP contribution is -3.00. The Morgan fingerprint density at radius 1 is 0.562 bits per heavy atom. The molecule has 100 valence electrons. The maximum atomic E-state index is 3.87. The molecule has 16 heavy (non-hydrogen) atoms. The second-order valence-electron chi connectivity index (χ2n) is 4.74. The Balaban J connectivity index is 0. The lowest BCUT2D eigenvalue weighted by molar-refractivity contribution is -0.368. The zero-order chi connectivity index (χ0) is 11.2. The molecule has 0 fully saturated rings. The summed E-state index contributed by atoms with van der Waals surface area (Å²) >= 11 is 0. The summed E-state index contributed by atoms with van der Waals surface area (Å²) in [6, 6.07) is 0. The van der Waals surface area contributed by atoms with Gasteiger partial charge in [0.25, 0.3) is 0 Å². The molecule has 3 N–H and O–H groups in total. The van der Waals surface area contributed by atoms with Crippen LogP contribution in [0.4, 0.5) is 0 Å². The molecule has 0 aromatic heterocycles. The molecule has 0 aromatic carbocycles. The van der Waals surface area contributed by atoms with Crippen molar-refractivity contribution in [3.8, 4) is 0 Å². The third-order valence-corrected chi connectivity index (χ3v) is 3.10. The molecule has 1 nitrogen and oxygen atoms in total. The first kappa shape index (κ1) is 18.8. The molecule has 0 aromatic rings. The Bertz CT molecular complexity index is 94.9. The molecule has 0 unspecified atom stereocenters. The quantitative estimate of drug-likeness (QED) is 0.519. The average Bonchev–Trinajstić information content (AvgIpc) is 2.26. The second-order valence-corrected chi connectivity index (χ2v) is 4.74. The summed E-state index contributed by atoms with van der Waals surface area (Å²) in [5.41, 5.74) is 3.87. The van der Waals surface area contributed by atoms with Crippen molar-refractivity contribution in [2.24, 2.45) is 0 Å². The van der Waals surface area contributed by atoms with Gasteiger partial charge in [-0.05, 0) is 12.8 Å². The molecule has 0 aliphatic heterocycles. The Morgan fingerprint density at radius 2 is 0.875 bits per heavy atom. The van der Waals surface area contributed by atoms with Gasteiger partial charge in [-0.15, -0.1) is 0 Å². The minimum absolute atomic E-state index is 0. The highest BCUT2D eigenvalue weighted by Gasteiger charge is 1.92. The number of hydrogen-bond donors (Lipinski definition) is 1. The van der Waals surface area contributed by atoms with E-state index in [9.17, 15) is 0 Å². The topological polar surface area (TPSA) is 27.6 Å². The standard InChI is InChI=1S/C14H31N.BrH/c1-2-3-4-5-6-7-8-9-10-11-12-13-14-15;/h2-15H2,1H3;1H. The first-order valence-corrected chi connectivity index (χ1v) is 7.21. The molecule has 0 aliphatic carbocycles. The van der Waals surface area contributed by atoms with Crippen molar-refractivity contribution in [3.63, 3.8) is 0 Å². The van der Waals surface area contributed by atoms with Crippen LogP contribution in [0.15, 0.2) is 0 Å². The van der Waals surface area contributed by atoms with Gasteiger partial charge in [0.05, 0.1) is 6.54 Å². The first-order valence-electron chi connectivity index (χ1n) is 7.21. The summed E-state index contributed by atoms with van der Waals surface area (Å²) in [6.07, 6.45) is 17.2. The van der Waals surface area contributed by atoms with Crippen molar-refractivity contribution < 1.29 is 22.7 Å². The molecule has 2 heteroatoms. The predicted octanol–water partition coefficient (Wildman–Crippen LogP) is 0.933. The van der Waals surface area contributed by atoms with E-state index < -0.39 is 0 Å². The van der Waals surface area contributed by atoms with E-state index in [4.69, 9.17) is 0 Å². The summed E-state index contributed by atoms with van der Waals surface area (Å²) < 4.78 is 0. The van der Waals surface area contributed by atoms with Crippen molar-refractivity contribution >= 4 is 0 Å². The number of unbranched alkanes of at least 4 members (excludes halogenated alkanes) is 11. The van der Waals surface area contributed by atoms with Gasteiger partial charge < -0.3 is 22.7 Å². The van der Waals surface area contributed by atoms with Crippen LogP contribution < -0.4 is 22.7 Å². The van der Waals surface area contributed by atoms with Crippen LogP contribution in [0.5, 0.6) is 0 Å². The van der Waals surface area contributed by atoms with E-state index in [1.807, 2.05) is 0 Å². The van der Waals surface area contributed by atoms with Gasteiger partial charge in [0.2, 0.25) is 0 Å². The van der Waals surface area contributed by atoms with E-state index in [0.717, 1.165) is 6.54 Å². The molecular formula is C14H32BrN. The number of hydrogen-bond acceptors (Lipinski definition) is 0. The lowest BCUT2D eigenvalue weighted by atomic mass is 10.1. The van der Waals surface area contributed by atoms with Crippen LogP contribution in [0.25, 0.3) is 0 Å². The third kappa shape index (κ3) is 16.9. The molecule has 0 aliphatic rings. The summed E-state index contributed by atoms with van der Waals surface area (Å²) in [7, 11) is 0. The van der Waals surface area contributed by atoms with Gasteiger partial charge in [0.15, 0.2) is 0 Å². The van der Waals surface area contributed by atoms with Gasteiger partial charge in [-0.3, -0.25) is 0 Å². The fraction of sp³-hybridized carbons (Fsp3) is 1.00. The Kier molecular flexibility index (Phi) is 20.9. The highest BCUT2D eigenvalue weighted by Crippen LogP contribution is 2.11. The maximum absolute atomic E-state index is 3.87. The Morgan fingerprint density at radius 3 is 1.19 bits per heavy atom. The monoisotopic (exact) mass is 293 g/mol. The smallest absolute Gasteiger partial charge is 0.0739 e. The molecule has 0 saturated carbocycles. The van der Waals surface area contributed by atoms with Gasteiger partial charge >= 0.3 is 0 Å². The van der Waals surface area contributed by atoms with E-state index in [1.165, 1.54) is 77.0 Å². The van der Waals surface area contributed by atoms with E-state index >= 15 is 0 Å². The Labute approximate surface area is 113 Å². The van der Waals surface area contributed by atoms with E-state index in [2.05, 4.69) is 12.7 Å². The minimum atomic E-state index is 0. The maximum Gasteiger partial charge on any atom is 0.0739 e. The Hall–Kier alpha value is 0.440. The lowest BCUT2D eigenvalue weighted by Gasteiger charge is -2.01. The third-order valence-electron chi connectivity index (χ3n) is 3.10. The van der Waals surface area contributed by atoms with Crippen LogP contribution in [-0.2, 0) is 0 Å². The minimum Gasteiger partial charge on any atom is -1.00 e. The second kappa shape index (κ2) is 17.8. The fourth-order valence-electron chi connectivity index (χ4n) is 2.02. The van der Waals surface area contributed by atoms with E-state index in [0.29, 0.717) is 0 Å². The van der Waals surface area contributed by atoms with Crippen molar-refractivity contribution in [1.82, 2.24) is 0 Å². The van der Waals surface area contributed by atoms with Crippen molar-refractivity contribution in [1.29, 1.82) is 0 Å². The van der Waals surface area contributed by atoms with Gasteiger partial charge in [-0.2, -0.15) is 0 Å². The number of halogens is 1. The summed E-state index contributed by atoms with van der Waals surface area (Å²) in [5.74, 6) is 0. The first-order chi connectivity index (χ1) is 7.41. The van der Waals surface area contributed by atoms with Gasteiger partial charge in [-0.1, -0.05) is 71.1 Å². The number of quaternary nitrogens is 1. The molecule has 0 saturated heterocycles. The predicted molar refractivity (Wildman–Crippen MR) is 68.8 cm³/mol. The van der Waals surface area contributed by atoms with E-state index in [-0.39, 0.29) is 17.0 Å². The summed E-state index contributed by atoms with van der Waals surface area (Å²) in [5, 5.41) is 0. The fourth-order valence-corrected chi connectivity index (χ4v) is 2.02. The molecular weight excluding hydrogens is 262 g/mol. The normalized spacial score (nSPS) is 10.1. The average molecular weight is 294 g/mol. The highest BCUT2D eigenvalue weighted by molar-refractivity contribution is 4.47. The number of rotatable bonds is 12. The van der Waals surface area contributed by atoms with Crippen LogP contribution in [0.3, 0.4) is 0 Å².